The second-order valence-electron chi connectivity index (χ2n) is 3.93. The Balaban J connectivity index is 2.56. The number of nitriles is 1. The highest BCUT2D eigenvalue weighted by molar-refractivity contribution is 5.74. The molecule has 0 atom stereocenters. The van der Waals surface area contributed by atoms with Gasteiger partial charge < -0.3 is 15.3 Å². The lowest BCUT2D eigenvalue weighted by molar-refractivity contribution is 0.183. The summed E-state index contributed by atoms with van der Waals surface area (Å²) in [5, 5.41) is 20.4. The molecule has 0 saturated carbocycles. The Morgan fingerprint density at radius 2 is 2.37 bits per heavy atom. The predicted octanol–water partition coefficient (Wildman–Crippen LogP) is 1.25. The molecule has 0 aromatic heterocycles. The minimum absolute atomic E-state index is 0.0921. The smallest absolute Gasteiger partial charge is 0.318 e. The normalized spacial score (nSPS) is 9.47. The minimum atomic E-state index is -0.267. The van der Waals surface area contributed by atoms with Crippen LogP contribution in [-0.4, -0.2) is 35.7 Å². The summed E-state index contributed by atoms with van der Waals surface area (Å²) in [7, 11) is 0. The Kier molecular flexibility index (Phi) is 6.13. The van der Waals surface area contributed by atoms with Crippen molar-refractivity contribution in [3.05, 3.63) is 48.0 Å². The van der Waals surface area contributed by atoms with Crippen molar-refractivity contribution in [1.29, 1.82) is 5.26 Å². The van der Waals surface area contributed by atoms with Gasteiger partial charge in [0.2, 0.25) is 0 Å². The molecule has 1 aromatic carbocycles. The van der Waals surface area contributed by atoms with Crippen LogP contribution in [0.5, 0.6) is 0 Å². The van der Waals surface area contributed by atoms with Crippen molar-refractivity contribution in [3.63, 3.8) is 0 Å². The van der Waals surface area contributed by atoms with Crippen LogP contribution in [0.3, 0.4) is 0 Å². The van der Waals surface area contributed by atoms with Crippen molar-refractivity contribution in [2.75, 3.05) is 19.7 Å². The number of aliphatic hydroxyl groups excluding tert-OH is 1. The van der Waals surface area contributed by atoms with Gasteiger partial charge in [-0.05, 0) is 17.7 Å². The first-order valence-corrected chi connectivity index (χ1v) is 5.94. The number of rotatable bonds is 6. The summed E-state index contributed by atoms with van der Waals surface area (Å²) in [6.45, 7) is 4.45. The zero-order valence-corrected chi connectivity index (χ0v) is 10.7. The third-order valence-corrected chi connectivity index (χ3v) is 2.51. The maximum Gasteiger partial charge on any atom is 0.318 e. The van der Waals surface area contributed by atoms with Gasteiger partial charge in [-0.1, -0.05) is 18.2 Å². The number of amides is 2. The third kappa shape index (κ3) is 4.82. The molecule has 0 fully saturated rings. The maximum absolute atomic E-state index is 11.8. The largest absolute Gasteiger partial charge is 0.395 e. The van der Waals surface area contributed by atoms with Gasteiger partial charge in [-0.25, -0.2) is 4.79 Å². The van der Waals surface area contributed by atoms with Crippen LogP contribution < -0.4 is 5.32 Å². The fraction of sp³-hybridized carbons (Fsp3) is 0.286. The van der Waals surface area contributed by atoms with Crippen molar-refractivity contribution in [2.24, 2.45) is 0 Å². The molecule has 1 rings (SSSR count). The number of carbonyl (C=O) groups is 1. The van der Waals surface area contributed by atoms with E-state index in [1.165, 1.54) is 4.90 Å². The standard InChI is InChI=1S/C14H17N3O2/c1-2-6-17(7-8-18)14(19)16-11-13-5-3-4-12(9-13)10-15/h2-5,9,18H,1,6-8,11H2,(H,16,19). The molecule has 0 aliphatic rings. The highest BCUT2D eigenvalue weighted by atomic mass is 16.3. The molecule has 2 amide bonds. The van der Waals surface area contributed by atoms with Crippen molar-refractivity contribution in [3.8, 4) is 6.07 Å². The predicted molar refractivity (Wildman–Crippen MR) is 72.2 cm³/mol. The summed E-state index contributed by atoms with van der Waals surface area (Å²) in [6, 6.07) is 8.83. The van der Waals surface area contributed by atoms with Crippen LogP contribution in [0.1, 0.15) is 11.1 Å². The Hall–Kier alpha value is -2.32. The van der Waals surface area contributed by atoms with Crippen LogP contribution in [-0.2, 0) is 6.54 Å². The van der Waals surface area contributed by atoms with Gasteiger partial charge in [0.25, 0.3) is 0 Å². The highest BCUT2D eigenvalue weighted by Gasteiger charge is 2.10. The molecular formula is C14H17N3O2. The average molecular weight is 259 g/mol. The molecule has 19 heavy (non-hydrogen) atoms. The minimum Gasteiger partial charge on any atom is -0.395 e. The van der Waals surface area contributed by atoms with Crippen LogP contribution in [0.25, 0.3) is 0 Å². The Bertz CT molecular complexity index is 480. The summed E-state index contributed by atoms with van der Waals surface area (Å²) >= 11 is 0. The van der Waals surface area contributed by atoms with Gasteiger partial charge in [0.05, 0.1) is 18.2 Å². The number of urea groups is 1. The lowest BCUT2D eigenvalue weighted by Gasteiger charge is -2.20. The Morgan fingerprint density at radius 3 is 3.00 bits per heavy atom. The monoisotopic (exact) mass is 259 g/mol. The van der Waals surface area contributed by atoms with Gasteiger partial charge in [0.1, 0.15) is 0 Å². The average Bonchev–Trinajstić information content (AvgIpc) is 2.44. The second-order valence-corrected chi connectivity index (χ2v) is 3.93. The fourth-order valence-corrected chi connectivity index (χ4v) is 1.59. The molecule has 1 aromatic rings. The van der Waals surface area contributed by atoms with E-state index in [9.17, 15) is 4.79 Å². The van der Waals surface area contributed by atoms with Crippen LogP contribution >= 0.6 is 0 Å². The Labute approximate surface area is 112 Å². The molecule has 0 unspecified atom stereocenters. The van der Waals surface area contributed by atoms with Crippen LogP contribution in [0.2, 0.25) is 0 Å². The van der Waals surface area contributed by atoms with E-state index in [1.54, 1.807) is 24.3 Å². The molecule has 0 heterocycles. The van der Waals surface area contributed by atoms with Gasteiger partial charge in [-0.2, -0.15) is 5.26 Å². The van der Waals surface area contributed by atoms with Crippen molar-refractivity contribution in [1.82, 2.24) is 10.2 Å². The maximum atomic E-state index is 11.8. The summed E-state index contributed by atoms with van der Waals surface area (Å²) in [5.41, 5.74) is 1.42. The van der Waals surface area contributed by atoms with E-state index in [2.05, 4.69) is 11.9 Å². The topological polar surface area (TPSA) is 76.4 Å². The van der Waals surface area contributed by atoms with E-state index in [0.717, 1.165) is 5.56 Å². The highest BCUT2D eigenvalue weighted by Crippen LogP contribution is 2.04. The first-order valence-electron chi connectivity index (χ1n) is 5.94. The van der Waals surface area contributed by atoms with Gasteiger partial charge in [-0.15, -0.1) is 6.58 Å². The van der Waals surface area contributed by atoms with Crippen molar-refractivity contribution < 1.29 is 9.90 Å². The third-order valence-electron chi connectivity index (χ3n) is 2.51. The molecule has 2 N–H and O–H groups in total. The number of carbonyl (C=O) groups excluding carboxylic acids is 1. The first-order chi connectivity index (χ1) is 9.21. The summed E-state index contributed by atoms with van der Waals surface area (Å²) < 4.78 is 0. The van der Waals surface area contributed by atoms with Gasteiger partial charge in [0.15, 0.2) is 0 Å². The second kappa shape index (κ2) is 7.90. The molecule has 0 saturated heterocycles. The molecular weight excluding hydrogens is 242 g/mol. The van der Waals surface area contributed by atoms with Crippen LogP contribution in [0, 0.1) is 11.3 Å². The molecule has 0 radical (unpaired) electrons. The molecule has 0 spiro atoms. The van der Waals surface area contributed by atoms with Crippen LogP contribution in [0.15, 0.2) is 36.9 Å². The summed E-state index contributed by atoms with van der Waals surface area (Å²) in [5.74, 6) is 0. The van der Waals surface area contributed by atoms with E-state index in [1.807, 2.05) is 12.1 Å². The lowest BCUT2D eigenvalue weighted by atomic mass is 10.1. The van der Waals surface area contributed by atoms with E-state index in [-0.39, 0.29) is 19.2 Å². The van der Waals surface area contributed by atoms with Gasteiger partial charge in [-0.3, -0.25) is 0 Å². The SMILES string of the molecule is C=CCN(CCO)C(=O)NCc1cccc(C#N)c1. The number of hydrogen-bond acceptors (Lipinski definition) is 3. The summed E-state index contributed by atoms with van der Waals surface area (Å²) in [6.07, 6.45) is 1.60. The van der Waals surface area contributed by atoms with Crippen molar-refractivity contribution >= 4 is 6.03 Å². The number of benzene rings is 1. The zero-order valence-electron chi connectivity index (χ0n) is 10.7. The fourth-order valence-electron chi connectivity index (χ4n) is 1.59. The van der Waals surface area contributed by atoms with E-state index in [0.29, 0.717) is 18.7 Å². The molecule has 0 bridgehead atoms. The molecule has 0 aliphatic carbocycles. The quantitative estimate of drug-likeness (QED) is 0.755. The number of hydrogen-bond donors (Lipinski definition) is 2. The van der Waals surface area contributed by atoms with Crippen molar-refractivity contribution in [2.45, 2.75) is 6.54 Å². The molecule has 5 heteroatoms. The van der Waals surface area contributed by atoms with E-state index >= 15 is 0 Å². The van der Waals surface area contributed by atoms with Gasteiger partial charge in [0, 0.05) is 19.6 Å². The molecule has 5 nitrogen and oxygen atoms in total. The number of nitrogens with one attached hydrogen (secondary N) is 1. The van der Waals surface area contributed by atoms with E-state index in [4.69, 9.17) is 10.4 Å². The van der Waals surface area contributed by atoms with Gasteiger partial charge >= 0.3 is 6.03 Å². The first kappa shape index (κ1) is 14.7. The zero-order chi connectivity index (χ0) is 14.1. The van der Waals surface area contributed by atoms with Crippen LogP contribution in [0.4, 0.5) is 4.79 Å². The number of nitrogens with zero attached hydrogens (tertiary/aromatic N) is 2. The van der Waals surface area contributed by atoms with E-state index < -0.39 is 0 Å². The molecule has 0 aliphatic heterocycles. The summed E-state index contributed by atoms with van der Waals surface area (Å²) in [4.78, 5) is 13.3. The number of aliphatic hydroxyl groups is 1. The lowest BCUT2D eigenvalue weighted by Crippen LogP contribution is -2.41. The molecule has 100 valence electrons. The Morgan fingerprint density at radius 1 is 1.58 bits per heavy atom.